The summed E-state index contributed by atoms with van der Waals surface area (Å²) in [6, 6.07) is 14.6. The third kappa shape index (κ3) is 8.37. The molecule has 0 saturated carbocycles. The third-order valence-corrected chi connectivity index (χ3v) is 11.7. The Kier molecular flexibility index (Phi) is 13.4. The van der Waals surface area contributed by atoms with Gasteiger partial charge in [-0.05, 0) is 71.9 Å². The number of aliphatic hydroxyl groups excluding tert-OH is 1. The number of allylic oxidation sites excluding steroid dienone is 2. The van der Waals surface area contributed by atoms with Crippen molar-refractivity contribution in [1.82, 2.24) is 4.98 Å². The van der Waals surface area contributed by atoms with E-state index in [4.69, 9.17) is 0 Å². The van der Waals surface area contributed by atoms with Crippen LogP contribution in [0.2, 0.25) is 0 Å². The molecule has 4 rings (SSSR count). The van der Waals surface area contributed by atoms with Crippen molar-refractivity contribution in [3.05, 3.63) is 76.5 Å². The normalized spacial score (nSPS) is 12.5. The van der Waals surface area contributed by atoms with Crippen molar-refractivity contribution >= 4 is 38.5 Å². The van der Waals surface area contributed by atoms with Crippen LogP contribution in [-0.4, -0.2) is 15.9 Å². The summed E-state index contributed by atoms with van der Waals surface area (Å²) >= 11 is 3.57. The van der Waals surface area contributed by atoms with E-state index in [0.717, 1.165) is 36.3 Å². The SMILES string of the molecule is CCC(C)(CC)C(=O)/C=C(\O)C(C)(CC)CC.Cc1[c-]c(-c2nccc3c(C)c(-c4ccc(C(C)(C)C)cc4)sc23)sc1.[Ir]. The van der Waals surface area contributed by atoms with Crippen molar-refractivity contribution in [2.45, 2.75) is 107 Å². The van der Waals surface area contributed by atoms with Crippen LogP contribution in [0.5, 0.6) is 0 Å². The number of rotatable bonds is 9. The van der Waals surface area contributed by atoms with Gasteiger partial charge < -0.3 is 10.1 Å². The summed E-state index contributed by atoms with van der Waals surface area (Å²) in [5.74, 6) is 0.286. The van der Waals surface area contributed by atoms with E-state index in [9.17, 15) is 9.90 Å². The second-order valence-electron chi connectivity index (χ2n) is 13.2. The Balaban J connectivity index is 0.000000331. The number of ketones is 1. The Labute approximate surface area is 287 Å². The molecule has 1 radical (unpaired) electrons. The smallest absolute Gasteiger partial charge is 0.164 e. The quantitative estimate of drug-likeness (QED) is 0.104. The van der Waals surface area contributed by atoms with Crippen molar-refractivity contribution in [2.75, 3.05) is 0 Å². The zero-order valence-electron chi connectivity index (χ0n) is 28.4. The first-order valence-corrected chi connectivity index (χ1v) is 17.3. The summed E-state index contributed by atoms with van der Waals surface area (Å²) in [5.41, 5.74) is 5.80. The van der Waals surface area contributed by atoms with Crippen LogP contribution in [0.1, 0.15) is 105 Å². The van der Waals surface area contributed by atoms with E-state index in [0.29, 0.717) is 0 Å². The number of pyridine rings is 1. The van der Waals surface area contributed by atoms with Gasteiger partial charge in [0.05, 0.1) is 0 Å². The molecule has 0 aliphatic rings. The fourth-order valence-electron chi connectivity index (χ4n) is 4.89. The molecular formula is C38H50IrNO2S2-. The monoisotopic (exact) mass is 809 g/mol. The minimum absolute atomic E-state index is 0. The van der Waals surface area contributed by atoms with Gasteiger partial charge in [0.25, 0.3) is 0 Å². The average molecular weight is 809 g/mol. The van der Waals surface area contributed by atoms with E-state index in [1.807, 2.05) is 59.1 Å². The fraction of sp³-hybridized carbons (Fsp3) is 0.474. The number of aromatic nitrogens is 1. The molecule has 6 heteroatoms. The number of hydrogen-bond donors (Lipinski definition) is 1. The van der Waals surface area contributed by atoms with Gasteiger partial charge in [-0.1, -0.05) is 98.4 Å². The number of carbonyl (C=O) groups is 1. The Bertz CT molecular complexity index is 1560. The molecule has 0 aliphatic carbocycles. The minimum atomic E-state index is -0.337. The number of fused-ring (bicyclic) bond motifs is 1. The van der Waals surface area contributed by atoms with Crippen LogP contribution in [0, 0.1) is 30.7 Å². The van der Waals surface area contributed by atoms with E-state index in [2.05, 4.69) is 81.4 Å². The van der Waals surface area contributed by atoms with Crippen molar-refractivity contribution in [1.29, 1.82) is 0 Å². The Hall–Kier alpha value is -2.11. The molecule has 1 N–H and O–H groups in total. The second kappa shape index (κ2) is 15.5. The number of hydrogen-bond acceptors (Lipinski definition) is 5. The molecule has 241 valence electrons. The number of thiophene rings is 2. The van der Waals surface area contributed by atoms with Gasteiger partial charge in [0, 0.05) is 52.8 Å². The van der Waals surface area contributed by atoms with Gasteiger partial charge in [-0.25, -0.2) is 11.3 Å². The predicted octanol–water partition coefficient (Wildman–Crippen LogP) is 12.1. The van der Waals surface area contributed by atoms with Crippen LogP contribution in [-0.2, 0) is 30.3 Å². The summed E-state index contributed by atoms with van der Waals surface area (Å²) in [6.45, 7) is 23.2. The van der Waals surface area contributed by atoms with E-state index in [-0.39, 0.29) is 47.9 Å². The Morgan fingerprint density at radius 1 is 0.909 bits per heavy atom. The maximum Gasteiger partial charge on any atom is 0.164 e. The van der Waals surface area contributed by atoms with Crippen LogP contribution in [0.3, 0.4) is 0 Å². The van der Waals surface area contributed by atoms with Gasteiger partial charge >= 0.3 is 0 Å². The molecule has 0 aliphatic heterocycles. The molecule has 3 aromatic heterocycles. The van der Waals surface area contributed by atoms with Crippen molar-refractivity contribution in [2.24, 2.45) is 10.8 Å². The van der Waals surface area contributed by atoms with Gasteiger partial charge in [0.1, 0.15) is 5.76 Å². The zero-order valence-corrected chi connectivity index (χ0v) is 32.4. The summed E-state index contributed by atoms with van der Waals surface area (Å²) in [7, 11) is 0. The van der Waals surface area contributed by atoms with Crippen LogP contribution < -0.4 is 0 Å². The van der Waals surface area contributed by atoms with E-state index in [1.165, 1.54) is 43.3 Å². The largest absolute Gasteiger partial charge is 0.512 e. The van der Waals surface area contributed by atoms with Gasteiger partial charge in [-0.15, -0.1) is 16.7 Å². The molecule has 1 aromatic carbocycles. The average Bonchev–Trinajstić information content (AvgIpc) is 3.58. The molecule has 44 heavy (non-hydrogen) atoms. The van der Waals surface area contributed by atoms with Crippen LogP contribution in [0.4, 0.5) is 0 Å². The third-order valence-electron chi connectivity index (χ3n) is 9.35. The first kappa shape index (κ1) is 38.1. The first-order valence-electron chi connectivity index (χ1n) is 15.6. The van der Waals surface area contributed by atoms with Gasteiger partial charge in [0.15, 0.2) is 5.78 Å². The molecule has 3 heterocycles. The zero-order chi connectivity index (χ0) is 32.2. The maximum absolute atomic E-state index is 12.2. The van der Waals surface area contributed by atoms with Crippen molar-refractivity contribution in [3.63, 3.8) is 0 Å². The molecule has 4 aromatic rings. The minimum Gasteiger partial charge on any atom is -0.512 e. The van der Waals surface area contributed by atoms with Crippen LogP contribution in [0.25, 0.3) is 31.1 Å². The molecule has 0 saturated heterocycles. The fourth-order valence-corrected chi connectivity index (χ4v) is 7.10. The molecule has 0 amide bonds. The van der Waals surface area contributed by atoms with Crippen molar-refractivity contribution < 1.29 is 30.0 Å². The number of aliphatic hydroxyl groups is 1. The van der Waals surface area contributed by atoms with Crippen LogP contribution >= 0.6 is 22.7 Å². The number of nitrogens with zero attached hydrogens (tertiary/aromatic N) is 1. The summed E-state index contributed by atoms with van der Waals surface area (Å²) in [6.07, 6.45) is 6.68. The van der Waals surface area contributed by atoms with E-state index in [1.54, 1.807) is 11.3 Å². The first-order chi connectivity index (χ1) is 20.1. The standard InChI is InChI=1S/C23H22NS2.C15H28O2.Ir/c1-14-12-19(25-13-14)20-22-18(10-11-24-20)15(2)21(26-22)16-6-8-17(9-7-16)23(3,4)5;1-7-14(5,8-2)12(16)11-13(17)15(6,9-3)10-4;/h6-11,13H,1-5H3;11,16H,7-10H2,1-6H3;/q-1;;/b;12-11-;. The number of carbonyl (C=O) groups excluding carboxylic acids is 1. The molecule has 0 unspecified atom stereocenters. The van der Waals surface area contributed by atoms with E-state index < -0.39 is 0 Å². The van der Waals surface area contributed by atoms with Gasteiger partial charge in [0.2, 0.25) is 0 Å². The summed E-state index contributed by atoms with van der Waals surface area (Å²) in [4.78, 5) is 19.3. The molecule has 0 spiro atoms. The van der Waals surface area contributed by atoms with E-state index >= 15 is 0 Å². The maximum atomic E-state index is 12.2. The Morgan fingerprint density at radius 3 is 1.95 bits per heavy atom. The summed E-state index contributed by atoms with van der Waals surface area (Å²) < 4.78 is 1.26. The Morgan fingerprint density at radius 2 is 1.48 bits per heavy atom. The molecule has 0 atom stereocenters. The molecule has 0 bridgehead atoms. The summed E-state index contributed by atoms with van der Waals surface area (Å²) in [5, 5.41) is 13.6. The predicted molar refractivity (Wildman–Crippen MR) is 188 cm³/mol. The van der Waals surface area contributed by atoms with Gasteiger partial charge in [-0.2, -0.15) is 11.6 Å². The second-order valence-corrected chi connectivity index (χ2v) is 15.1. The number of aryl methyl sites for hydroxylation is 2. The number of benzene rings is 1. The van der Waals surface area contributed by atoms with Gasteiger partial charge in [-0.3, -0.25) is 4.79 Å². The topological polar surface area (TPSA) is 50.2 Å². The molecular weight excluding hydrogens is 759 g/mol. The van der Waals surface area contributed by atoms with Crippen LogP contribution in [0.15, 0.2) is 53.7 Å². The van der Waals surface area contributed by atoms with Crippen molar-refractivity contribution in [3.8, 4) is 21.0 Å². The molecule has 3 nitrogen and oxygen atoms in total. The molecule has 0 fully saturated rings.